The van der Waals surface area contributed by atoms with Crippen molar-refractivity contribution < 1.29 is 28.2 Å². The van der Waals surface area contributed by atoms with Crippen molar-refractivity contribution in [3.63, 3.8) is 0 Å². The molecule has 0 aliphatic rings. The number of ether oxygens (including phenoxy) is 2. The molecule has 2 atom stereocenters. The predicted molar refractivity (Wildman–Crippen MR) is 139 cm³/mol. The largest absolute Gasteiger partial charge is 0.466 e. The van der Waals surface area contributed by atoms with Crippen LogP contribution in [0.5, 0.6) is 5.75 Å². The molecule has 0 saturated carbocycles. The highest BCUT2D eigenvalue weighted by Gasteiger charge is 2.29. The van der Waals surface area contributed by atoms with Crippen LogP contribution in [0.15, 0.2) is 67.3 Å². The molecule has 35 heavy (non-hydrogen) atoms. The van der Waals surface area contributed by atoms with Crippen LogP contribution in [0.4, 0.5) is 0 Å². The number of para-hydroxylation sites is 1. The summed E-state index contributed by atoms with van der Waals surface area (Å²) in [4.78, 5) is 24.7. The first-order chi connectivity index (χ1) is 16.8. The smallest absolute Gasteiger partial charge is 0.348 e. The Morgan fingerprint density at radius 2 is 1.91 bits per heavy atom. The monoisotopic (exact) mass is 515 g/mol. The van der Waals surface area contributed by atoms with Crippen molar-refractivity contribution in [1.82, 2.24) is 5.09 Å². The van der Waals surface area contributed by atoms with E-state index in [0.29, 0.717) is 17.2 Å². The van der Waals surface area contributed by atoms with Gasteiger partial charge in [0.15, 0.2) is 0 Å². The van der Waals surface area contributed by atoms with Gasteiger partial charge in [-0.3, -0.25) is 9.36 Å². The molecule has 0 spiro atoms. The van der Waals surface area contributed by atoms with E-state index in [2.05, 4.69) is 11.7 Å². The first kappa shape index (κ1) is 26.7. The number of nitrogens with one attached hydrogen (secondary N) is 1. The Kier molecular flexibility index (Phi) is 9.66. The van der Waals surface area contributed by atoms with Gasteiger partial charge in [0.2, 0.25) is 0 Å². The summed E-state index contributed by atoms with van der Waals surface area (Å²) in [6, 6.07) is 15.9. The van der Waals surface area contributed by atoms with Gasteiger partial charge in [0.25, 0.3) is 0 Å². The molecule has 0 fully saturated rings. The third kappa shape index (κ3) is 8.06. The Balaban J connectivity index is 1.80. The number of carbonyl (C=O) groups excluding carboxylic acids is 2. The minimum absolute atomic E-state index is 0.0713. The summed E-state index contributed by atoms with van der Waals surface area (Å²) < 4.78 is 31.1. The Labute approximate surface area is 209 Å². The molecule has 186 valence electrons. The zero-order chi connectivity index (χ0) is 25.3. The van der Waals surface area contributed by atoms with Gasteiger partial charge in [-0.2, -0.15) is 0 Å². The molecule has 1 N–H and O–H groups in total. The number of hydrogen-bond acceptors (Lipinski definition) is 7. The van der Waals surface area contributed by atoms with Crippen LogP contribution in [0.25, 0.3) is 10.1 Å². The van der Waals surface area contributed by atoms with E-state index in [1.807, 2.05) is 31.2 Å². The zero-order valence-corrected chi connectivity index (χ0v) is 21.6. The van der Waals surface area contributed by atoms with E-state index in [1.165, 1.54) is 17.4 Å². The molecule has 3 rings (SSSR count). The number of carbonyl (C=O) groups is 2. The summed E-state index contributed by atoms with van der Waals surface area (Å²) >= 11 is 1.33. The number of benzene rings is 2. The molecule has 0 aliphatic heterocycles. The fourth-order valence-corrected chi connectivity index (χ4v) is 6.45. The minimum atomic E-state index is -3.46. The van der Waals surface area contributed by atoms with Crippen molar-refractivity contribution in [3.8, 4) is 5.75 Å². The van der Waals surface area contributed by atoms with Crippen molar-refractivity contribution in [2.45, 2.75) is 38.9 Å². The highest BCUT2D eigenvalue weighted by atomic mass is 32.1. The lowest BCUT2D eigenvalue weighted by Gasteiger charge is -2.24. The molecule has 0 amide bonds. The highest BCUT2D eigenvalue weighted by molar-refractivity contribution is 7.56. The maximum Gasteiger partial charge on any atom is 0.348 e. The number of esters is 2. The lowest BCUT2D eigenvalue weighted by molar-refractivity contribution is -0.144. The fraction of sp³-hybridized carbons (Fsp3) is 0.308. The third-order valence-electron chi connectivity index (χ3n) is 4.86. The van der Waals surface area contributed by atoms with Crippen molar-refractivity contribution in [2.75, 3.05) is 13.2 Å². The van der Waals surface area contributed by atoms with Gasteiger partial charge >= 0.3 is 19.5 Å². The molecule has 2 aromatic carbocycles. The van der Waals surface area contributed by atoms with E-state index in [9.17, 15) is 14.2 Å². The summed E-state index contributed by atoms with van der Waals surface area (Å²) in [6.07, 6.45) is 2.42. The number of fused-ring (bicyclic) bond motifs is 1. The van der Waals surface area contributed by atoms with Crippen LogP contribution in [0.2, 0.25) is 0 Å². The SMILES string of the molecule is C=CCOC(=O)c1cc2cc(CP(=O)(NC(C)CC(=O)OCCC)Oc3ccccc3)ccc2s1. The third-order valence-corrected chi connectivity index (χ3v) is 8.08. The fourth-order valence-electron chi connectivity index (χ4n) is 3.40. The molecular formula is C26H30NO6PS. The van der Waals surface area contributed by atoms with Crippen molar-refractivity contribution in [2.24, 2.45) is 0 Å². The number of thiophene rings is 1. The summed E-state index contributed by atoms with van der Waals surface area (Å²) in [5, 5.41) is 3.89. The Bertz CT molecular complexity index is 1210. The second-order valence-corrected chi connectivity index (χ2v) is 11.2. The molecule has 1 aromatic heterocycles. The van der Waals surface area contributed by atoms with Crippen LogP contribution in [-0.4, -0.2) is 31.2 Å². The average Bonchev–Trinajstić information content (AvgIpc) is 3.25. The second-order valence-electron chi connectivity index (χ2n) is 8.06. The predicted octanol–water partition coefficient (Wildman–Crippen LogP) is 6.34. The molecule has 7 nitrogen and oxygen atoms in total. The summed E-state index contributed by atoms with van der Waals surface area (Å²) in [5.41, 5.74) is 0.772. The van der Waals surface area contributed by atoms with Gasteiger partial charge in [-0.15, -0.1) is 11.3 Å². The maximum atomic E-state index is 14.0. The van der Waals surface area contributed by atoms with Crippen molar-refractivity contribution in [1.29, 1.82) is 0 Å². The van der Waals surface area contributed by atoms with E-state index < -0.39 is 19.5 Å². The quantitative estimate of drug-likeness (QED) is 0.161. The maximum absolute atomic E-state index is 14.0. The number of rotatable bonds is 13. The van der Waals surface area contributed by atoms with Crippen molar-refractivity contribution >= 4 is 40.9 Å². The molecule has 3 aromatic rings. The number of hydrogen-bond donors (Lipinski definition) is 1. The molecule has 0 radical (unpaired) electrons. The first-order valence-electron chi connectivity index (χ1n) is 11.4. The summed E-state index contributed by atoms with van der Waals surface area (Å²) in [5.74, 6) is -0.294. The molecule has 0 bridgehead atoms. The molecule has 2 unspecified atom stereocenters. The normalized spacial score (nSPS) is 13.5. The van der Waals surface area contributed by atoms with Gasteiger partial charge in [-0.05, 0) is 54.6 Å². The Morgan fingerprint density at radius 3 is 2.63 bits per heavy atom. The van der Waals surface area contributed by atoms with Crippen LogP contribution >= 0.6 is 18.9 Å². The standard InChI is InChI=1S/C26H30NO6PS/c1-4-13-31-25(28)15-19(3)27-34(30,33-22-9-7-6-8-10-22)18-20-11-12-23-21(16-20)17-24(35-23)26(29)32-14-5-2/h5-12,16-17,19H,2,4,13-15,18H2,1,3H3,(H,27,30). The average molecular weight is 516 g/mol. The summed E-state index contributed by atoms with van der Waals surface area (Å²) in [6.45, 7) is 7.75. The Hall–Kier alpha value is -2.93. The van der Waals surface area contributed by atoms with E-state index in [4.69, 9.17) is 14.0 Å². The van der Waals surface area contributed by atoms with E-state index in [1.54, 1.807) is 37.3 Å². The molecule has 0 aliphatic carbocycles. The van der Waals surface area contributed by atoms with Crippen LogP contribution < -0.4 is 9.61 Å². The van der Waals surface area contributed by atoms with Gasteiger partial charge in [0.05, 0.1) is 19.2 Å². The van der Waals surface area contributed by atoms with Crippen molar-refractivity contribution in [3.05, 3.63) is 77.7 Å². The van der Waals surface area contributed by atoms with E-state index in [0.717, 1.165) is 22.1 Å². The lowest BCUT2D eigenvalue weighted by atomic mass is 10.2. The zero-order valence-electron chi connectivity index (χ0n) is 19.9. The Morgan fingerprint density at radius 1 is 1.14 bits per heavy atom. The van der Waals surface area contributed by atoms with Gasteiger partial charge in [0.1, 0.15) is 17.2 Å². The van der Waals surface area contributed by atoms with Crippen LogP contribution in [0.1, 0.15) is 41.9 Å². The van der Waals surface area contributed by atoms with E-state index >= 15 is 0 Å². The molecule has 0 saturated heterocycles. The lowest BCUT2D eigenvalue weighted by Crippen LogP contribution is -2.29. The first-order valence-corrected chi connectivity index (χ1v) is 14.0. The van der Waals surface area contributed by atoms with Crippen LogP contribution in [0.3, 0.4) is 0 Å². The summed E-state index contributed by atoms with van der Waals surface area (Å²) in [7, 11) is -3.46. The molecule has 1 heterocycles. The van der Waals surface area contributed by atoms with E-state index in [-0.39, 0.29) is 25.2 Å². The van der Waals surface area contributed by atoms with Gasteiger partial charge in [-0.25, -0.2) is 9.88 Å². The highest BCUT2D eigenvalue weighted by Crippen LogP contribution is 2.47. The van der Waals surface area contributed by atoms with Gasteiger partial charge in [0, 0.05) is 10.7 Å². The molecular weight excluding hydrogens is 485 g/mol. The molecule has 9 heteroatoms. The van der Waals surface area contributed by atoms with Crippen LogP contribution in [0, 0.1) is 0 Å². The van der Waals surface area contributed by atoms with Gasteiger partial charge in [-0.1, -0.05) is 43.8 Å². The van der Waals surface area contributed by atoms with Gasteiger partial charge < -0.3 is 14.0 Å². The topological polar surface area (TPSA) is 90.9 Å². The minimum Gasteiger partial charge on any atom is -0.466 e. The second kappa shape index (κ2) is 12.7. The van der Waals surface area contributed by atoms with Crippen LogP contribution in [-0.2, 0) is 25.0 Å².